The van der Waals surface area contributed by atoms with Crippen molar-refractivity contribution < 1.29 is 27.8 Å². The summed E-state index contributed by atoms with van der Waals surface area (Å²) in [5.41, 5.74) is 1.44. The van der Waals surface area contributed by atoms with E-state index in [0.29, 0.717) is 22.8 Å². The first-order chi connectivity index (χ1) is 14.1. The second kappa shape index (κ2) is 8.49. The molecule has 1 aliphatic rings. The van der Waals surface area contributed by atoms with Crippen molar-refractivity contribution in [2.24, 2.45) is 0 Å². The molecule has 0 saturated carbocycles. The molecule has 1 heterocycles. The summed E-state index contributed by atoms with van der Waals surface area (Å²) in [5.74, 6) is 0.592. The number of aliphatic carboxylic acids is 1. The van der Waals surface area contributed by atoms with E-state index in [4.69, 9.17) is 9.47 Å². The van der Waals surface area contributed by atoms with Gasteiger partial charge in [-0.15, -0.1) is 0 Å². The van der Waals surface area contributed by atoms with Crippen LogP contribution < -0.4 is 9.47 Å². The van der Waals surface area contributed by atoms with E-state index in [1.807, 2.05) is 6.07 Å². The van der Waals surface area contributed by atoms with Gasteiger partial charge in [0, 0.05) is 17.0 Å². The van der Waals surface area contributed by atoms with Gasteiger partial charge in [0.25, 0.3) is 0 Å². The van der Waals surface area contributed by atoms with E-state index in [9.17, 15) is 18.3 Å². The number of thioether (sulfide) groups is 1. The van der Waals surface area contributed by atoms with Gasteiger partial charge in [-0.3, -0.25) is 4.79 Å². The number of hydrogen-bond donors (Lipinski definition) is 1. The number of benzene rings is 2. The van der Waals surface area contributed by atoms with Crippen molar-refractivity contribution in [3.05, 3.63) is 42.5 Å². The smallest absolute Gasteiger partial charge is 0.323 e. The molecule has 0 spiro atoms. The second-order valence-corrected chi connectivity index (χ2v) is 11.0. The van der Waals surface area contributed by atoms with Crippen LogP contribution in [0.3, 0.4) is 0 Å². The van der Waals surface area contributed by atoms with E-state index in [2.05, 4.69) is 0 Å². The highest BCUT2D eigenvalue weighted by Gasteiger charge is 2.48. The van der Waals surface area contributed by atoms with E-state index >= 15 is 0 Å². The Morgan fingerprint density at radius 3 is 2.17 bits per heavy atom. The molecule has 162 valence electrons. The van der Waals surface area contributed by atoms with Crippen LogP contribution in [-0.2, 0) is 14.8 Å². The van der Waals surface area contributed by atoms with Gasteiger partial charge in [-0.25, -0.2) is 8.42 Å². The molecule has 9 heteroatoms. The van der Waals surface area contributed by atoms with Crippen LogP contribution in [0.2, 0.25) is 0 Å². The van der Waals surface area contributed by atoms with Crippen molar-refractivity contribution in [3.8, 4) is 22.6 Å². The van der Waals surface area contributed by atoms with Crippen LogP contribution in [-0.4, -0.2) is 61.1 Å². The van der Waals surface area contributed by atoms with E-state index < -0.39 is 26.8 Å². The average molecular weight is 452 g/mol. The fourth-order valence-corrected chi connectivity index (χ4v) is 6.79. The Balaban J connectivity index is 2.01. The lowest BCUT2D eigenvalue weighted by Gasteiger charge is -2.42. The highest BCUT2D eigenvalue weighted by molar-refractivity contribution is 8.00. The SMILES string of the molecule is COc1cccc(OC)c1-c1ccc(S(=O)(=O)N2CCSC(C)(C)C2C(=O)O)cc1. The number of nitrogens with zero attached hydrogens (tertiary/aromatic N) is 1. The molecule has 0 amide bonds. The van der Waals surface area contributed by atoms with Crippen molar-refractivity contribution >= 4 is 27.8 Å². The maximum Gasteiger partial charge on any atom is 0.323 e. The molecule has 30 heavy (non-hydrogen) atoms. The molecule has 2 aromatic carbocycles. The molecule has 1 atom stereocenters. The first kappa shape index (κ1) is 22.5. The summed E-state index contributed by atoms with van der Waals surface area (Å²) in [6.45, 7) is 3.67. The fraction of sp³-hybridized carbons (Fsp3) is 0.381. The third kappa shape index (κ3) is 4.01. The summed E-state index contributed by atoms with van der Waals surface area (Å²) < 4.78 is 37.8. The number of methoxy groups -OCH3 is 2. The Hall–Kier alpha value is -2.23. The largest absolute Gasteiger partial charge is 0.496 e. The first-order valence-corrected chi connectivity index (χ1v) is 11.8. The molecule has 0 bridgehead atoms. The van der Waals surface area contributed by atoms with Gasteiger partial charge in [0.05, 0.1) is 24.7 Å². The summed E-state index contributed by atoms with van der Waals surface area (Å²) in [7, 11) is -0.871. The Morgan fingerprint density at radius 1 is 1.10 bits per heavy atom. The number of carbonyl (C=O) groups is 1. The number of rotatable bonds is 6. The Morgan fingerprint density at radius 2 is 1.67 bits per heavy atom. The van der Waals surface area contributed by atoms with Crippen molar-refractivity contribution in [1.82, 2.24) is 4.31 Å². The van der Waals surface area contributed by atoms with Gasteiger partial charge < -0.3 is 14.6 Å². The van der Waals surface area contributed by atoms with Gasteiger partial charge in [0.2, 0.25) is 10.0 Å². The zero-order chi connectivity index (χ0) is 22.1. The minimum absolute atomic E-state index is 0.0501. The number of sulfonamides is 1. The van der Waals surface area contributed by atoms with Crippen LogP contribution in [0.15, 0.2) is 47.4 Å². The van der Waals surface area contributed by atoms with Crippen LogP contribution in [0, 0.1) is 0 Å². The molecule has 1 aliphatic heterocycles. The predicted molar refractivity (Wildman–Crippen MR) is 117 cm³/mol. The molecule has 1 N–H and O–H groups in total. The minimum atomic E-state index is -3.98. The van der Waals surface area contributed by atoms with E-state index in [1.54, 1.807) is 52.3 Å². The monoisotopic (exact) mass is 451 g/mol. The molecular formula is C21H25NO6S2. The molecule has 7 nitrogen and oxygen atoms in total. The molecule has 1 fully saturated rings. The van der Waals surface area contributed by atoms with Crippen LogP contribution in [0.25, 0.3) is 11.1 Å². The second-order valence-electron chi connectivity index (χ2n) is 7.37. The topological polar surface area (TPSA) is 93.1 Å². The lowest BCUT2D eigenvalue weighted by molar-refractivity contribution is -0.142. The van der Waals surface area contributed by atoms with Gasteiger partial charge in [-0.2, -0.15) is 16.1 Å². The van der Waals surface area contributed by atoms with Gasteiger partial charge in [0.15, 0.2) is 0 Å². The lowest BCUT2D eigenvalue weighted by Crippen LogP contribution is -2.58. The van der Waals surface area contributed by atoms with Crippen molar-refractivity contribution in [3.63, 3.8) is 0 Å². The molecule has 1 unspecified atom stereocenters. The van der Waals surface area contributed by atoms with Crippen LogP contribution in [0.4, 0.5) is 0 Å². The molecule has 0 radical (unpaired) electrons. The van der Waals surface area contributed by atoms with Crippen molar-refractivity contribution in [1.29, 1.82) is 0 Å². The fourth-order valence-electron chi connectivity index (χ4n) is 3.70. The average Bonchev–Trinajstić information content (AvgIpc) is 2.71. The van der Waals surface area contributed by atoms with Crippen molar-refractivity contribution in [2.45, 2.75) is 29.5 Å². The predicted octanol–water partition coefficient (Wildman–Crippen LogP) is 3.34. The summed E-state index contributed by atoms with van der Waals surface area (Å²) >= 11 is 1.47. The maximum atomic E-state index is 13.3. The first-order valence-electron chi connectivity index (χ1n) is 9.33. The molecule has 1 saturated heterocycles. The maximum absolute atomic E-state index is 13.3. The van der Waals surface area contributed by atoms with E-state index in [-0.39, 0.29) is 11.4 Å². The molecule has 2 aromatic rings. The van der Waals surface area contributed by atoms with Gasteiger partial charge in [-0.05, 0) is 43.7 Å². The standard InChI is InChI=1S/C21H25NO6S2/c1-21(2)19(20(23)24)22(12-13-29-21)30(25,26)15-10-8-14(9-11-15)18-16(27-3)6-5-7-17(18)28-4/h5-11,19H,12-13H2,1-4H3,(H,23,24). The number of ether oxygens (including phenoxy) is 2. The third-order valence-electron chi connectivity index (χ3n) is 5.14. The van der Waals surface area contributed by atoms with Crippen LogP contribution in [0.1, 0.15) is 13.8 Å². The zero-order valence-electron chi connectivity index (χ0n) is 17.3. The molecule has 0 aliphatic carbocycles. The summed E-state index contributed by atoms with van der Waals surface area (Å²) in [4.78, 5) is 11.9. The highest BCUT2D eigenvalue weighted by atomic mass is 32.2. The quantitative estimate of drug-likeness (QED) is 0.720. The zero-order valence-corrected chi connectivity index (χ0v) is 18.9. The number of carboxylic acids is 1. The van der Waals surface area contributed by atoms with E-state index in [0.717, 1.165) is 9.87 Å². The van der Waals surface area contributed by atoms with Crippen LogP contribution >= 0.6 is 11.8 Å². The third-order valence-corrected chi connectivity index (χ3v) is 8.38. The Kier molecular flexibility index (Phi) is 6.35. The molecule has 3 rings (SSSR count). The normalized spacial score (nSPS) is 19.3. The lowest BCUT2D eigenvalue weighted by atomic mass is 10.0. The van der Waals surface area contributed by atoms with Gasteiger partial charge >= 0.3 is 5.97 Å². The van der Waals surface area contributed by atoms with Gasteiger partial charge in [0.1, 0.15) is 17.5 Å². The number of hydrogen-bond acceptors (Lipinski definition) is 6. The number of carboxylic acid groups (broad SMARTS) is 1. The van der Waals surface area contributed by atoms with Crippen LogP contribution in [0.5, 0.6) is 11.5 Å². The molecule has 0 aromatic heterocycles. The van der Waals surface area contributed by atoms with E-state index in [1.165, 1.54) is 23.9 Å². The Labute approximate surface area is 181 Å². The van der Waals surface area contributed by atoms with Gasteiger partial charge in [-0.1, -0.05) is 18.2 Å². The summed E-state index contributed by atoms with van der Waals surface area (Å²) in [6, 6.07) is 10.6. The summed E-state index contributed by atoms with van der Waals surface area (Å²) in [5, 5.41) is 9.72. The molecular weight excluding hydrogens is 426 g/mol. The Bertz CT molecular complexity index is 1010. The van der Waals surface area contributed by atoms with Crippen molar-refractivity contribution in [2.75, 3.05) is 26.5 Å². The minimum Gasteiger partial charge on any atom is -0.496 e. The highest BCUT2D eigenvalue weighted by Crippen LogP contribution is 2.40. The summed E-state index contributed by atoms with van der Waals surface area (Å²) in [6.07, 6.45) is 0.